The molecule has 1 amide bonds. The lowest BCUT2D eigenvalue weighted by atomic mass is 9.86. The fraction of sp³-hybridized carbons (Fsp3) is 0.383. The largest absolute Gasteiger partial charge is 0.478 e. The monoisotopic (exact) mass is 1890 g/mol. The van der Waals surface area contributed by atoms with Crippen LogP contribution in [0.2, 0.25) is 20.1 Å². The maximum absolute atomic E-state index is 13.6. The van der Waals surface area contributed by atoms with Crippen molar-refractivity contribution in [3.05, 3.63) is 313 Å². The van der Waals surface area contributed by atoms with Crippen molar-refractivity contribution in [3.63, 3.8) is 0 Å². The Balaban J connectivity index is 0.000000158. The average Bonchev–Trinajstić information content (AvgIpc) is 0.796. The van der Waals surface area contributed by atoms with Gasteiger partial charge in [-0.1, -0.05) is 159 Å². The summed E-state index contributed by atoms with van der Waals surface area (Å²) in [6.45, 7) is 30.9. The zero-order valence-electron chi connectivity index (χ0n) is 76.8. The summed E-state index contributed by atoms with van der Waals surface area (Å²) in [6.07, 6.45) is 11.8. The molecule has 18 nitrogen and oxygen atoms in total. The molecule has 6 fully saturated rings. The summed E-state index contributed by atoms with van der Waals surface area (Å²) in [4.78, 5) is 64.1. The van der Waals surface area contributed by atoms with Crippen molar-refractivity contribution in [1.82, 2.24) is 10.2 Å². The first-order valence-corrected chi connectivity index (χ1v) is 47.6. The number of carbonyl (C=O) groups excluding carboxylic acids is 3. The number of piperazine rings is 2. The van der Waals surface area contributed by atoms with E-state index in [2.05, 4.69) is 131 Å². The minimum atomic E-state index is -0.840. The first kappa shape index (κ1) is 100.0. The molecule has 0 atom stereocenters. The molecule has 0 aromatic heterocycles. The maximum Gasteiger partial charge on any atom is 0.338 e. The third-order valence-electron chi connectivity index (χ3n) is 25.9. The third kappa shape index (κ3) is 27.3. The summed E-state index contributed by atoms with van der Waals surface area (Å²) in [5.41, 5.74) is 28.7. The van der Waals surface area contributed by atoms with Gasteiger partial charge in [0.25, 0.3) is 5.91 Å². The van der Waals surface area contributed by atoms with E-state index in [-0.39, 0.29) is 17.8 Å². The molecule has 0 unspecified atom stereocenters. The molecule has 23 heteroatoms. The number of amides is 1. The van der Waals surface area contributed by atoms with E-state index >= 15 is 0 Å². The number of methoxy groups -OCH3 is 2. The molecule has 4 N–H and O–H groups in total. The highest BCUT2D eigenvalue weighted by Crippen LogP contribution is 2.38. The van der Waals surface area contributed by atoms with Gasteiger partial charge in [-0.3, -0.25) is 4.79 Å². The van der Waals surface area contributed by atoms with Crippen molar-refractivity contribution < 1.29 is 33.8 Å². The molecule has 130 heavy (non-hydrogen) atoms. The van der Waals surface area contributed by atoms with Gasteiger partial charge < -0.3 is 59.9 Å². The number of ether oxygens (including phenoxy) is 2. The number of halogens is 5. The SMILES string of the molecule is COC(=O)c1cc(Br)c(C)cc1C.COC(=O)c1cc(CC2CCN(c3ccccc3Cl)CC2)c(C)cc1C.Cc1cc(C)c(C(=O)N2CCN(c3ccccc3C#N)CC2)cc1CC1CCN(c2ccccc2Cl)CC1.Cc1cc(C)c(C(=O)O)cc1CC1CCN(c2ccccc2Cl)CC1.N#Cc1ccccc1N1CCNCC1.NC1CCN(c2ccccc2Cl)CC1. The highest BCUT2D eigenvalue weighted by Gasteiger charge is 2.30. The number of para-hydroxylation sites is 6. The van der Waals surface area contributed by atoms with E-state index in [1.807, 2.05) is 185 Å². The molecule has 6 aliphatic rings. The number of carboxylic acid groups (broad SMARTS) is 1. The molecule has 0 spiro atoms. The molecule has 0 radical (unpaired) electrons. The van der Waals surface area contributed by atoms with Gasteiger partial charge in [0.1, 0.15) is 12.1 Å². The van der Waals surface area contributed by atoms with Gasteiger partial charge in [-0.15, -0.1) is 0 Å². The zero-order chi connectivity index (χ0) is 93.1. The van der Waals surface area contributed by atoms with E-state index in [1.54, 1.807) is 6.07 Å². The Kier molecular flexibility index (Phi) is 37.7. The molecule has 10 aromatic rings. The van der Waals surface area contributed by atoms with Crippen molar-refractivity contribution in [2.75, 3.05) is 148 Å². The minimum absolute atomic E-state index is 0.116. The number of rotatable bonds is 16. The third-order valence-corrected chi connectivity index (χ3v) is 28.1. The van der Waals surface area contributed by atoms with Gasteiger partial charge in [-0.2, -0.15) is 10.5 Å². The average molecular weight is 1900 g/mol. The number of aryl methyl sites for hydroxylation is 8. The topological polar surface area (TPSA) is 215 Å². The Bertz CT molecular complexity index is 5600. The molecule has 684 valence electrons. The summed E-state index contributed by atoms with van der Waals surface area (Å²) in [5.74, 6) is 0.539. The maximum atomic E-state index is 13.6. The predicted molar refractivity (Wildman–Crippen MR) is 538 cm³/mol. The van der Waals surface area contributed by atoms with Crippen LogP contribution in [-0.2, 0) is 28.7 Å². The molecular weight excluding hydrogens is 1770 g/mol. The van der Waals surface area contributed by atoms with Crippen LogP contribution in [0.3, 0.4) is 0 Å². The second kappa shape index (κ2) is 49.1. The van der Waals surface area contributed by atoms with Crippen molar-refractivity contribution in [3.8, 4) is 12.1 Å². The Labute approximate surface area is 798 Å². The summed E-state index contributed by atoms with van der Waals surface area (Å²) < 4.78 is 10.5. The van der Waals surface area contributed by atoms with E-state index in [0.717, 1.165) is 260 Å². The second-order valence-electron chi connectivity index (χ2n) is 34.8. The normalized spacial score (nSPS) is 15.5. The van der Waals surface area contributed by atoms with Gasteiger partial charge in [0, 0.05) is 121 Å². The standard InChI is InChI=1S/C32H35ClN4O.C22H26ClNO2.C21H24ClNO2.C11H15ClN2.C11H13N3.C10H11BrO2/c1-23-19-24(2)28(32(38)37-17-15-36(16-18-37)30-9-5-3-7-26(30)22-34)21-27(23)20-25-11-13-35(14-12-25)31-10-6-4-8-29(31)33;1-15-12-16(2)19(22(25)26-3)14-18(15)13-17-8-10-24(11-9-17)21-7-5-4-6-20(21)23;1-14-11-15(2)18(21(24)25)13-17(14)12-16-7-9-23(10-8-16)20-6-4-3-5-19(20)22;12-10-3-1-2-4-11(10)14-7-5-9(13)6-8-14;12-9-10-3-1-2-4-11(10)14-7-5-13-6-8-14;1-6-4-7(2)9(11)5-8(6)10(12)13-3/h3-10,19,21,25H,11-18,20H2,1-2H3;4-7,12,14,17H,8-11,13H2,1-3H3;3-6,11,13,16H,7-10,12H2,1-2H3,(H,24,25);1-4,9H,5-8,13H2;1-4,13H,5-8H2;4-5H,1-3H3. The highest BCUT2D eigenvalue weighted by molar-refractivity contribution is 9.10. The van der Waals surface area contributed by atoms with Crippen molar-refractivity contribution in [1.29, 1.82) is 10.5 Å². The Morgan fingerprint density at radius 1 is 0.377 bits per heavy atom. The van der Waals surface area contributed by atoms with Gasteiger partial charge in [-0.25, -0.2) is 14.4 Å². The van der Waals surface area contributed by atoms with E-state index in [4.69, 9.17) is 62.1 Å². The van der Waals surface area contributed by atoms with Gasteiger partial charge in [0.2, 0.25) is 0 Å². The fourth-order valence-electron chi connectivity index (χ4n) is 18.3. The number of carboxylic acids is 1. The van der Waals surface area contributed by atoms with Crippen LogP contribution in [-0.4, -0.2) is 159 Å². The van der Waals surface area contributed by atoms with Gasteiger partial charge in [0.05, 0.1) is 96.3 Å². The van der Waals surface area contributed by atoms with Crippen molar-refractivity contribution in [2.24, 2.45) is 23.5 Å². The lowest BCUT2D eigenvalue weighted by Gasteiger charge is -2.37. The number of nitriles is 2. The van der Waals surface area contributed by atoms with Crippen LogP contribution in [0.1, 0.15) is 165 Å². The number of anilines is 6. The van der Waals surface area contributed by atoms with Crippen LogP contribution in [0.5, 0.6) is 0 Å². The number of nitrogens with one attached hydrogen (secondary N) is 1. The fourth-order valence-corrected chi connectivity index (χ4v) is 19.6. The Hall–Kier alpha value is -10.6. The lowest BCUT2D eigenvalue weighted by molar-refractivity contribution is 0.0590. The van der Waals surface area contributed by atoms with Crippen LogP contribution in [0, 0.1) is 95.8 Å². The molecule has 0 aliphatic carbocycles. The number of esters is 2. The number of aromatic carboxylic acids is 1. The van der Waals surface area contributed by atoms with E-state index in [1.165, 1.54) is 47.6 Å². The van der Waals surface area contributed by atoms with Crippen LogP contribution in [0.15, 0.2) is 199 Å². The number of piperidine rings is 4. The van der Waals surface area contributed by atoms with E-state index in [0.29, 0.717) is 59.1 Å². The number of nitrogens with two attached hydrogens (primary N) is 1. The van der Waals surface area contributed by atoms with Crippen molar-refractivity contribution >= 4 is 120 Å². The zero-order valence-corrected chi connectivity index (χ0v) is 81.4. The quantitative estimate of drug-likeness (QED) is 0.0767. The molecule has 16 rings (SSSR count). The molecular formula is C107H124BrCl4N11O7. The van der Waals surface area contributed by atoms with Crippen LogP contribution in [0.25, 0.3) is 0 Å². The number of hydrogen-bond donors (Lipinski definition) is 3. The summed E-state index contributed by atoms with van der Waals surface area (Å²) in [6, 6.07) is 68.6. The van der Waals surface area contributed by atoms with Gasteiger partial charge in [0.15, 0.2) is 0 Å². The number of hydrogen-bond acceptors (Lipinski definition) is 16. The summed E-state index contributed by atoms with van der Waals surface area (Å²) >= 11 is 28.6. The summed E-state index contributed by atoms with van der Waals surface area (Å²) in [5, 5.41) is 34.4. The van der Waals surface area contributed by atoms with Crippen molar-refractivity contribution in [2.45, 2.75) is 132 Å². The highest BCUT2D eigenvalue weighted by atomic mass is 79.9. The molecule has 0 bridgehead atoms. The number of nitrogens with zero attached hydrogens (tertiary/aromatic N) is 9. The molecule has 6 heterocycles. The molecule has 10 aromatic carbocycles. The first-order valence-electron chi connectivity index (χ1n) is 45.3. The van der Waals surface area contributed by atoms with Crippen LogP contribution < -0.4 is 40.4 Å². The van der Waals surface area contributed by atoms with E-state index in [9.17, 15) is 29.5 Å². The van der Waals surface area contributed by atoms with E-state index < -0.39 is 5.97 Å². The molecule has 6 saturated heterocycles. The lowest BCUT2D eigenvalue weighted by Crippen LogP contribution is -2.49. The van der Waals surface area contributed by atoms with Crippen LogP contribution in [0.4, 0.5) is 34.1 Å². The van der Waals surface area contributed by atoms with Gasteiger partial charge in [-0.05, 0) is 302 Å². The molecule has 0 saturated carbocycles. The van der Waals surface area contributed by atoms with Gasteiger partial charge >= 0.3 is 17.9 Å². The molecule has 6 aliphatic heterocycles. The Morgan fingerprint density at radius 2 is 0.662 bits per heavy atom. The Morgan fingerprint density at radius 3 is 1.01 bits per heavy atom. The predicted octanol–water partition coefficient (Wildman–Crippen LogP) is 22.7. The minimum Gasteiger partial charge on any atom is -0.478 e. The smallest absolute Gasteiger partial charge is 0.338 e. The van der Waals surface area contributed by atoms with Crippen LogP contribution >= 0.6 is 62.3 Å². The first-order chi connectivity index (χ1) is 62.6. The number of benzene rings is 10. The number of carbonyl (C=O) groups is 4. The second-order valence-corrected chi connectivity index (χ2v) is 37.3. The summed E-state index contributed by atoms with van der Waals surface area (Å²) in [7, 11) is 2.82.